The van der Waals surface area contributed by atoms with Crippen LogP contribution in [0.5, 0.6) is 0 Å². The number of hydrogen-bond donors (Lipinski definition) is 2. The van der Waals surface area contributed by atoms with E-state index in [9.17, 15) is 4.79 Å². The van der Waals surface area contributed by atoms with Crippen molar-refractivity contribution in [2.75, 3.05) is 11.1 Å². The number of aromatic nitrogens is 3. The Hall–Kier alpha value is -1.53. The summed E-state index contributed by atoms with van der Waals surface area (Å²) in [6.07, 6.45) is 0. The Balaban J connectivity index is 1.87. The molecule has 2 rings (SSSR count). The Morgan fingerprint density at radius 1 is 1.45 bits per heavy atom. The lowest BCUT2D eigenvalue weighted by Gasteiger charge is -2.05. The first-order valence-electron chi connectivity index (χ1n) is 6.15. The van der Waals surface area contributed by atoms with Crippen LogP contribution in [0.4, 0.5) is 5.69 Å². The molecule has 2 N–H and O–H groups in total. The second-order valence-electron chi connectivity index (χ2n) is 4.47. The van der Waals surface area contributed by atoms with Gasteiger partial charge in [-0.25, -0.2) is 4.98 Å². The molecule has 0 fully saturated rings. The molecule has 0 unspecified atom stereocenters. The number of anilines is 1. The maximum atomic E-state index is 11.8. The van der Waals surface area contributed by atoms with E-state index < -0.39 is 0 Å². The standard InChI is InChI=1S/C13H15ClN4OS/c1-8(2)12-16-13(18-17-12)20-7-11(19)15-10-6-4-3-5-9(10)14/h3-6,8H,7H2,1-2H3,(H,15,19)(H,16,17,18). The molecule has 0 aliphatic heterocycles. The zero-order chi connectivity index (χ0) is 14.5. The van der Waals surface area contributed by atoms with Crippen LogP contribution in [0.25, 0.3) is 0 Å². The van der Waals surface area contributed by atoms with Crippen molar-refractivity contribution in [1.82, 2.24) is 15.2 Å². The molecule has 0 saturated heterocycles. The predicted molar refractivity (Wildman–Crippen MR) is 81.3 cm³/mol. The molecule has 0 saturated carbocycles. The molecule has 1 aromatic carbocycles. The zero-order valence-electron chi connectivity index (χ0n) is 11.2. The second kappa shape index (κ2) is 6.76. The fourth-order valence-electron chi connectivity index (χ4n) is 1.46. The molecule has 20 heavy (non-hydrogen) atoms. The van der Waals surface area contributed by atoms with E-state index in [1.54, 1.807) is 12.1 Å². The van der Waals surface area contributed by atoms with Gasteiger partial charge in [-0.1, -0.05) is 49.3 Å². The van der Waals surface area contributed by atoms with E-state index in [-0.39, 0.29) is 17.6 Å². The van der Waals surface area contributed by atoms with E-state index in [4.69, 9.17) is 11.6 Å². The van der Waals surface area contributed by atoms with E-state index in [1.165, 1.54) is 11.8 Å². The van der Waals surface area contributed by atoms with Crippen molar-refractivity contribution in [2.24, 2.45) is 0 Å². The summed E-state index contributed by atoms with van der Waals surface area (Å²) in [7, 11) is 0. The fraction of sp³-hybridized carbons (Fsp3) is 0.308. The van der Waals surface area contributed by atoms with Crippen LogP contribution in [-0.2, 0) is 4.79 Å². The van der Waals surface area contributed by atoms with E-state index >= 15 is 0 Å². The van der Waals surface area contributed by atoms with Crippen molar-refractivity contribution >= 4 is 35.0 Å². The number of hydrogen-bond acceptors (Lipinski definition) is 4. The van der Waals surface area contributed by atoms with Gasteiger partial charge in [-0.3, -0.25) is 9.89 Å². The maximum Gasteiger partial charge on any atom is 0.234 e. The van der Waals surface area contributed by atoms with Crippen LogP contribution in [-0.4, -0.2) is 26.8 Å². The van der Waals surface area contributed by atoms with Gasteiger partial charge in [-0.2, -0.15) is 0 Å². The normalized spacial score (nSPS) is 10.8. The van der Waals surface area contributed by atoms with Gasteiger partial charge < -0.3 is 5.32 Å². The minimum Gasteiger partial charge on any atom is -0.324 e. The lowest BCUT2D eigenvalue weighted by Crippen LogP contribution is -2.14. The van der Waals surface area contributed by atoms with Gasteiger partial charge in [0.15, 0.2) is 0 Å². The van der Waals surface area contributed by atoms with Crippen LogP contribution < -0.4 is 5.32 Å². The smallest absolute Gasteiger partial charge is 0.234 e. The highest BCUT2D eigenvalue weighted by atomic mass is 35.5. The average molecular weight is 311 g/mol. The topological polar surface area (TPSA) is 70.7 Å². The number of H-pyrrole nitrogens is 1. The highest BCUT2D eigenvalue weighted by Gasteiger charge is 2.10. The number of halogens is 1. The molecule has 0 atom stereocenters. The molecule has 1 heterocycles. The van der Waals surface area contributed by atoms with Crippen molar-refractivity contribution < 1.29 is 4.79 Å². The van der Waals surface area contributed by atoms with Gasteiger partial charge in [0, 0.05) is 5.92 Å². The Bertz CT molecular complexity index is 600. The average Bonchev–Trinajstić information content (AvgIpc) is 2.88. The van der Waals surface area contributed by atoms with Gasteiger partial charge in [0.05, 0.1) is 16.5 Å². The zero-order valence-corrected chi connectivity index (χ0v) is 12.8. The van der Waals surface area contributed by atoms with Crippen LogP contribution in [0.1, 0.15) is 25.6 Å². The highest BCUT2D eigenvalue weighted by molar-refractivity contribution is 7.99. The van der Waals surface area contributed by atoms with Gasteiger partial charge >= 0.3 is 0 Å². The number of rotatable bonds is 5. The van der Waals surface area contributed by atoms with Crippen LogP contribution in [0.2, 0.25) is 5.02 Å². The van der Waals surface area contributed by atoms with Crippen molar-refractivity contribution in [3.63, 3.8) is 0 Å². The van der Waals surface area contributed by atoms with Crippen molar-refractivity contribution in [3.05, 3.63) is 35.1 Å². The quantitative estimate of drug-likeness (QED) is 0.831. The van der Waals surface area contributed by atoms with Crippen molar-refractivity contribution in [1.29, 1.82) is 0 Å². The summed E-state index contributed by atoms with van der Waals surface area (Å²) in [6.45, 7) is 4.05. The molecule has 0 spiro atoms. The first-order chi connectivity index (χ1) is 9.56. The van der Waals surface area contributed by atoms with Crippen molar-refractivity contribution in [2.45, 2.75) is 24.9 Å². The number of nitrogens with zero attached hydrogens (tertiary/aromatic N) is 2. The molecular formula is C13H15ClN4OS. The van der Waals surface area contributed by atoms with Gasteiger partial charge in [0.1, 0.15) is 5.82 Å². The molecule has 2 aromatic rings. The van der Waals surface area contributed by atoms with Gasteiger partial charge in [-0.05, 0) is 12.1 Å². The summed E-state index contributed by atoms with van der Waals surface area (Å²) >= 11 is 7.26. The van der Waals surface area contributed by atoms with E-state index in [0.717, 1.165) is 5.82 Å². The minimum atomic E-state index is -0.140. The molecule has 0 aliphatic rings. The molecule has 0 bridgehead atoms. The van der Waals surface area contributed by atoms with Crippen LogP contribution >= 0.6 is 23.4 Å². The first kappa shape index (κ1) is 14.9. The summed E-state index contributed by atoms with van der Waals surface area (Å²) in [5.74, 6) is 1.20. The monoisotopic (exact) mass is 310 g/mol. The van der Waals surface area contributed by atoms with Crippen LogP contribution in [0.15, 0.2) is 29.4 Å². The lowest BCUT2D eigenvalue weighted by molar-refractivity contribution is -0.113. The molecular weight excluding hydrogens is 296 g/mol. The maximum absolute atomic E-state index is 11.8. The van der Waals surface area contributed by atoms with E-state index in [0.29, 0.717) is 15.9 Å². The number of carbonyl (C=O) groups excluding carboxylic acids is 1. The molecule has 0 aliphatic carbocycles. The van der Waals surface area contributed by atoms with Crippen LogP contribution in [0.3, 0.4) is 0 Å². The third-order valence-electron chi connectivity index (χ3n) is 2.51. The first-order valence-corrected chi connectivity index (χ1v) is 7.52. The number of benzene rings is 1. The third kappa shape index (κ3) is 3.98. The summed E-state index contributed by atoms with van der Waals surface area (Å²) < 4.78 is 0. The number of aromatic amines is 1. The molecule has 7 heteroatoms. The Morgan fingerprint density at radius 3 is 2.85 bits per heavy atom. The molecule has 0 radical (unpaired) electrons. The van der Waals surface area contributed by atoms with E-state index in [1.807, 2.05) is 26.0 Å². The minimum absolute atomic E-state index is 0.140. The summed E-state index contributed by atoms with van der Waals surface area (Å²) in [5, 5.41) is 10.8. The summed E-state index contributed by atoms with van der Waals surface area (Å²) in [5.41, 5.74) is 0.609. The Morgan fingerprint density at radius 2 is 2.20 bits per heavy atom. The van der Waals surface area contributed by atoms with Gasteiger partial charge in [-0.15, -0.1) is 5.10 Å². The summed E-state index contributed by atoms with van der Waals surface area (Å²) in [4.78, 5) is 16.1. The SMILES string of the molecule is CC(C)c1nc(SCC(=O)Nc2ccccc2Cl)n[nH]1. The van der Waals surface area contributed by atoms with Gasteiger partial charge in [0.2, 0.25) is 11.1 Å². The largest absolute Gasteiger partial charge is 0.324 e. The Kier molecular flexibility index (Phi) is 5.03. The fourth-order valence-corrected chi connectivity index (χ4v) is 2.25. The number of amides is 1. The number of thioether (sulfide) groups is 1. The highest BCUT2D eigenvalue weighted by Crippen LogP contribution is 2.21. The molecule has 1 amide bonds. The predicted octanol–water partition coefficient (Wildman–Crippen LogP) is 3.31. The molecule has 1 aromatic heterocycles. The summed E-state index contributed by atoms with van der Waals surface area (Å²) in [6, 6.07) is 7.12. The number of nitrogens with one attached hydrogen (secondary N) is 2. The third-order valence-corrected chi connectivity index (χ3v) is 3.69. The lowest BCUT2D eigenvalue weighted by atomic mass is 10.2. The Labute approximate surface area is 126 Å². The van der Waals surface area contributed by atoms with Crippen LogP contribution in [0, 0.1) is 0 Å². The molecule has 5 nitrogen and oxygen atoms in total. The van der Waals surface area contributed by atoms with Crippen molar-refractivity contribution in [3.8, 4) is 0 Å². The molecule has 106 valence electrons. The number of carbonyl (C=O) groups is 1. The van der Waals surface area contributed by atoms with Gasteiger partial charge in [0.25, 0.3) is 0 Å². The number of para-hydroxylation sites is 1. The van der Waals surface area contributed by atoms with E-state index in [2.05, 4.69) is 20.5 Å². The second-order valence-corrected chi connectivity index (χ2v) is 5.82.